The summed E-state index contributed by atoms with van der Waals surface area (Å²) in [5.41, 5.74) is 18.1. The van der Waals surface area contributed by atoms with Crippen molar-refractivity contribution in [2.75, 3.05) is 0 Å². The van der Waals surface area contributed by atoms with Crippen molar-refractivity contribution in [3.63, 3.8) is 0 Å². The minimum atomic E-state index is -0.309. The molecule has 0 aromatic heterocycles. The van der Waals surface area contributed by atoms with Crippen molar-refractivity contribution in [1.82, 2.24) is 0 Å². The first-order valence-corrected chi connectivity index (χ1v) is 14.4. The van der Waals surface area contributed by atoms with Crippen LogP contribution in [-0.2, 0) is 5.41 Å². The van der Waals surface area contributed by atoms with Gasteiger partial charge in [0, 0.05) is 0 Å². The number of benzene rings is 6. The average molecular weight is 523 g/mol. The molecule has 1 spiro atoms. The summed E-state index contributed by atoms with van der Waals surface area (Å²) in [6.07, 6.45) is 4.37. The molecule has 0 nitrogen and oxygen atoms in total. The smallest absolute Gasteiger partial charge is 0.0619 e. The zero-order valence-electron chi connectivity index (χ0n) is 23.4. The second-order valence-corrected chi connectivity index (χ2v) is 11.5. The summed E-state index contributed by atoms with van der Waals surface area (Å²) in [6, 6.07) is 49.7. The topological polar surface area (TPSA) is 0 Å². The molecular formula is C41H30. The minimum Gasteiger partial charge on any atom is -0.0619 e. The van der Waals surface area contributed by atoms with Crippen LogP contribution in [0, 0.1) is 13.8 Å². The van der Waals surface area contributed by atoms with Crippen molar-refractivity contribution in [2.45, 2.75) is 19.3 Å². The van der Waals surface area contributed by atoms with Gasteiger partial charge in [0.2, 0.25) is 0 Å². The Hall–Kier alpha value is -4.94. The second kappa shape index (κ2) is 9.04. The quantitative estimate of drug-likeness (QED) is 0.202. The van der Waals surface area contributed by atoms with Gasteiger partial charge in [-0.1, -0.05) is 151 Å². The fraction of sp³-hybridized carbons (Fsp3) is 0.0732. The summed E-state index contributed by atoms with van der Waals surface area (Å²) in [7, 11) is 0. The first kappa shape index (κ1) is 23.9. The molecule has 194 valence electrons. The van der Waals surface area contributed by atoms with Crippen LogP contribution in [0.5, 0.6) is 0 Å². The predicted molar refractivity (Wildman–Crippen MR) is 173 cm³/mol. The summed E-state index contributed by atoms with van der Waals surface area (Å²) in [4.78, 5) is 0. The fourth-order valence-electron chi connectivity index (χ4n) is 7.09. The third-order valence-electron chi connectivity index (χ3n) is 9.03. The summed E-state index contributed by atoms with van der Waals surface area (Å²) in [5.74, 6) is 0. The van der Waals surface area contributed by atoms with Gasteiger partial charge in [0.05, 0.1) is 5.41 Å². The predicted octanol–water partition coefficient (Wildman–Crippen LogP) is 10.5. The molecule has 0 fully saturated rings. The zero-order chi connectivity index (χ0) is 27.6. The van der Waals surface area contributed by atoms with Crippen LogP contribution >= 0.6 is 0 Å². The van der Waals surface area contributed by atoms with Gasteiger partial charge in [-0.3, -0.25) is 0 Å². The number of aryl methyl sites for hydroxylation is 2. The summed E-state index contributed by atoms with van der Waals surface area (Å²) in [5, 5.41) is 0. The first-order valence-electron chi connectivity index (χ1n) is 14.4. The average Bonchev–Trinajstić information content (AvgIpc) is 3.47. The minimum absolute atomic E-state index is 0.309. The molecule has 6 aromatic carbocycles. The number of hydrogen-bond acceptors (Lipinski definition) is 0. The molecular weight excluding hydrogens is 492 g/mol. The number of fused-ring (bicyclic) bond motifs is 10. The maximum absolute atomic E-state index is 2.46. The van der Waals surface area contributed by atoms with E-state index in [2.05, 4.69) is 159 Å². The Labute approximate surface area is 242 Å². The molecule has 0 saturated carbocycles. The molecule has 2 aliphatic rings. The largest absolute Gasteiger partial charge is 0.0725 e. The standard InChI is InChI=1S/C41H30/c1-27-11-14-29(15-12-27)16-17-30-18-20-31(21-19-30)32-22-24-36-34-8-4-6-10-38(34)41(40(36)26-32)37-9-5-3-7-33(37)35-23-13-28(2)25-39(35)41/h3-26H,1-2H3. The van der Waals surface area contributed by atoms with Crippen LogP contribution in [-0.4, -0.2) is 0 Å². The van der Waals surface area contributed by atoms with Crippen LogP contribution in [0.15, 0.2) is 133 Å². The van der Waals surface area contributed by atoms with E-state index in [1.807, 2.05) is 0 Å². The van der Waals surface area contributed by atoms with Crippen LogP contribution in [0.3, 0.4) is 0 Å². The Kier molecular flexibility index (Phi) is 5.27. The van der Waals surface area contributed by atoms with E-state index in [-0.39, 0.29) is 5.41 Å². The lowest BCUT2D eigenvalue weighted by Gasteiger charge is -2.31. The highest BCUT2D eigenvalue weighted by Gasteiger charge is 2.51. The summed E-state index contributed by atoms with van der Waals surface area (Å²) in [6.45, 7) is 4.33. The molecule has 0 aliphatic heterocycles. The van der Waals surface area contributed by atoms with Crippen LogP contribution in [0.1, 0.15) is 44.5 Å². The molecule has 0 heterocycles. The van der Waals surface area contributed by atoms with Crippen LogP contribution < -0.4 is 0 Å². The van der Waals surface area contributed by atoms with Gasteiger partial charge in [0.1, 0.15) is 0 Å². The Morgan fingerprint density at radius 3 is 1.49 bits per heavy atom. The SMILES string of the molecule is Cc1ccc(C=Cc2ccc(-c3ccc4c(c3)C3(c5ccccc5-c5ccc(C)cc53)c3ccccc3-4)cc2)cc1. The number of hydrogen-bond donors (Lipinski definition) is 0. The molecule has 8 rings (SSSR count). The van der Waals surface area contributed by atoms with Crippen molar-refractivity contribution in [3.05, 3.63) is 178 Å². The maximum Gasteiger partial charge on any atom is 0.0725 e. The molecule has 0 heteroatoms. The Bertz CT molecular complexity index is 1970. The Balaban J connectivity index is 1.27. The first-order chi connectivity index (χ1) is 20.1. The van der Waals surface area contributed by atoms with Gasteiger partial charge in [-0.15, -0.1) is 0 Å². The monoisotopic (exact) mass is 522 g/mol. The Morgan fingerprint density at radius 1 is 0.390 bits per heavy atom. The van der Waals surface area contributed by atoms with E-state index in [1.165, 1.54) is 77.9 Å². The van der Waals surface area contributed by atoms with E-state index in [0.29, 0.717) is 0 Å². The summed E-state index contributed by atoms with van der Waals surface area (Å²) < 4.78 is 0. The van der Waals surface area contributed by atoms with E-state index >= 15 is 0 Å². The van der Waals surface area contributed by atoms with Gasteiger partial charge in [-0.05, 0) is 86.7 Å². The molecule has 2 aliphatic carbocycles. The maximum atomic E-state index is 2.46. The van der Waals surface area contributed by atoms with Gasteiger partial charge in [0.15, 0.2) is 0 Å². The second-order valence-electron chi connectivity index (χ2n) is 11.5. The third kappa shape index (κ3) is 3.54. The molecule has 1 atom stereocenters. The van der Waals surface area contributed by atoms with Crippen molar-refractivity contribution in [1.29, 1.82) is 0 Å². The molecule has 0 amide bonds. The van der Waals surface area contributed by atoms with E-state index in [0.717, 1.165) is 0 Å². The highest BCUT2D eigenvalue weighted by molar-refractivity contribution is 5.96. The van der Waals surface area contributed by atoms with Crippen LogP contribution in [0.4, 0.5) is 0 Å². The normalized spacial score (nSPS) is 16.0. The fourth-order valence-corrected chi connectivity index (χ4v) is 7.09. The van der Waals surface area contributed by atoms with Gasteiger partial charge in [-0.2, -0.15) is 0 Å². The van der Waals surface area contributed by atoms with Crippen molar-refractivity contribution in [3.8, 4) is 33.4 Å². The highest BCUT2D eigenvalue weighted by Crippen LogP contribution is 2.63. The lowest BCUT2D eigenvalue weighted by Crippen LogP contribution is -2.26. The van der Waals surface area contributed by atoms with Crippen LogP contribution in [0.25, 0.3) is 45.5 Å². The molecule has 0 radical (unpaired) electrons. The van der Waals surface area contributed by atoms with Gasteiger partial charge in [0.25, 0.3) is 0 Å². The van der Waals surface area contributed by atoms with Gasteiger partial charge < -0.3 is 0 Å². The van der Waals surface area contributed by atoms with E-state index in [1.54, 1.807) is 0 Å². The van der Waals surface area contributed by atoms with Crippen LogP contribution in [0.2, 0.25) is 0 Å². The molecule has 6 aromatic rings. The van der Waals surface area contributed by atoms with E-state index in [9.17, 15) is 0 Å². The molecule has 0 bridgehead atoms. The van der Waals surface area contributed by atoms with Crippen molar-refractivity contribution in [2.24, 2.45) is 0 Å². The number of rotatable bonds is 3. The Morgan fingerprint density at radius 2 is 0.854 bits per heavy atom. The van der Waals surface area contributed by atoms with Gasteiger partial charge in [-0.25, -0.2) is 0 Å². The van der Waals surface area contributed by atoms with Gasteiger partial charge >= 0.3 is 0 Å². The molecule has 1 unspecified atom stereocenters. The molecule has 41 heavy (non-hydrogen) atoms. The highest BCUT2D eigenvalue weighted by atomic mass is 14.5. The third-order valence-corrected chi connectivity index (χ3v) is 9.03. The van der Waals surface area contributed by atoms with E-state index < -0.39 is 0 Å². The van der Waals surface area contributed by atoms with Crippen molar-refractivity contribution >= 4 is 12.2 Å². The summed E-state index contributed by atoms with van der Waals surface area (Å²) >= 11 is 0. The zero-order valence-corrected chi connectivity index (χ0v) is 23.4. The lowest BCUT2D eigenvalue weighted by molar-refractivity contribution is 0.793. The lowest BCUT2D eigenvalue weighted by atomic mass is 9.70. The molecule has 0 saturated heterocycles. The molecule has 0 N–H and O–H groups in total. The van der Waals surface area contributed by atoms with Crippen molar-refractivity contribution < 1.29 is 0 Å². The van der Waals surface area contributed by atoms with E-state index in [4.69, 9.17) is 0 Å².